The van der Waals surface area contributed by atoms with E-state index < -0.39 is 5.60 Å². The Labute approximate surface area is 135 Å². The summed E-state index contributed by atoms with van der Waals surface area (Å²) in [5.74, 6) is -0.372. The molecule has 8 heteroatoms. The second-order valence-electron chi connectivity index (χ2n) is 6.33. The Bertz CT molecular complexity index is 734. The third-order valence-corrected chi connectivity index (χ3v) is 3.98. The number of carbonyl (C=O) groups excluding carboxylic acids is 1. The average Bonchev–Trinajstić information content (AvgIpc) is 2.69. The number of likely N-dealkylation sites (tertiary alicyclic amines) is 1. The molecule has 0 aliphatic carbocycles. The number of carbonyl (C=O) groups is 1. The van der Waals surface area contributed by atoms with Gasteiger partial charge in [-0.15, -0.1) is 5.10 Å². The predicted molar refractivity (Wildman–Crippen MR) is 82.0 cm³/mol. The molecule has 0 saturated carbocycles. The molecular formula is C14H16BrFN4O2. The lowest BCUT2D eigenvalue weighted by atomic mass is 10.1. The van der Waals surface area contributed by atoms with E-state index in [0.717, 1.165) is 5.52 Å². The first kappa shape index (κ1) is 15.2. The van der Waals surface area contributed by atoms with Gasteiger partial charge in [0, 0.05) is 19.2 Å². The van der Waals surface area contributed by atoms with Crippen LogP contribution in [0, 0.1) is 5.82 Å². The number of halogens is 2. The van der Waals surface area contributed by atoms with Crippen LogP contribution < -0.4 is 0 Å². The minimum Gasteiger partial charge on any atom is -0.444 e. The van der Waals surface area contributed by atoms with E-state index in [2.05, 4.69) is 26.2 Å². The Morgan fingerprint density at radius 3 is 2.73 bits per heavy atom. The quantitative estimate of drug-likeness (QED) is 0.773. The summed E-state index contributed by atoms with van der Waals surface area (Å²) in [5, 5.41) is 8.04. The highest BCUT2D eigenvalue weighted by atomic mass is 79.9. The number of fused-ring (bicyclic) bond motifs is 1. The van der Waals surface area contributed by atoms with Crippen molar-refractivity contribution in [2.24, 2.45) is 0 Å². The van der Waals surface area contributed by atoms with Gasteiger partial charge in [0.1, 0.15) is 16.9 Å². The van der Waals surface area contributed by atoms with E-state index in [0.29, 0.717) is 23.1 Å². The van der Waals surface area contributed by atoms with Crippen LogP contribution in [-0.2, 0) is 4.74 Å². The molecule has 6 nitrogen and oxygen atoms in total. The third kappa shape index (κ3) is 2.79. The molecule has 1 aliphatic heterocycles. The molecule has 1 aromatic heterocycles. The van der Waals surface area contributed by atoms with Crippen molar-refractivity contribution in [1.29, 1.82) is 0 Å². The third-order valence-electron chi connectivity index (χ3n) is 3.37. The molecule has 0 atom stereocenters. The van der Waals surface area contributed by atoms with Crippen LogP contribution >= 0.6 is 15.9 Å². The summed E-state index contributed by atoms with van der Waals surface area (Å²) in [4.78, 5) is 13.5. The fourth-order valence-electron chi connectivity index (χ4n) is 2.29. The van der Waals surface area contributed by atoms with Gasteiger partial charge in [-0.1, -0.05) is 5.21 Å². The Morgan fingerprint density at radius 2 is 2.09 bits per heavy atom. The van der Waals surface area contributed by atoms with Crippen molar-refractivity contribution in [3.05, 3.63) is 22.4 Å². The molecule has 0 N–H and O–H groups in total. The molecule has 1 aliphatic rings. The number of amides is 1. The minimum absolute atomic E-state index is 0.0230. The van der Waals surface area contributed by atoms with Gasteiger partial charge >= 0.3 is 6.09 Å². The lowest BCUT2D eigenvalue weighted by Crippen LogP contribution is -2.52. The van der Waals surface area contributed by atoms with Crippen molar-refractivity contribution < 1.29 is 13.9 Å². The lowest BCUT2D eigenvalue weighted by molar-refractivity contribution is -0.0000726. The molecule has 3 rings (SSSR count). The maximum absolute atomic E-state index is 13.5. The van der Waals surface area contributed by atoms with Crippen LogP contribution in [0.25, 0.3) is 11.0 Å². The molecule has 1 aromatic carbocycles. The van der Waals surface area contributed by atoms with Gasteiger partial charge in [-0.25, -0.2) is 13.9 Å². The van der Waals surface area contributed by atoms with Crippen LogP contribution in [0.2, 0.25) is 0 Å². The number of rotatable bonds is 1. The zero-order valence-electron chi connectivity index (χ0n) is 12.5. The summed E-state index contributed by atoms with van der Waals surface area (Å²) in [6, 6.07) is 3.02. The van der Waals surface area contributed by atoms with Crippen LogP contribution in [0.5, 0.6) is 0 Å². The van der Waals surface area contributed by atoms with Gasteiger partial charge in [-0.3, -0.25) is 0 Å². The zero-order valence-corrected chi connectivity index (χ0v) is 14.1. The molecule has 0 radical (unpaired) electrons. The predicted octanol–water partition coefficient (Wildman–Crippen LogP) is 3.12. The van der Waals surface area contributed by atoms with Crippen LogP contribution in [0.3, 0.4) is 0 Å². The molecule has 2 aromatic rings. The number of aromatic nitrogens is 3. The molecule has 1 fully saturated rings. The first-order chi connectivity index (χ1) is 10.2. The maximum Gasteiger partial charge on any atom is 0.410 e. The van der Waals surface area contributed by atoms with Crippen LogP contribution in [0.4, 0.5) is 9.18 Å². The van der Waals surface area contributed by atoms with E-state index >= 15 is 0 Å². The van der Waals surface area contributed by atoms with Crippen molar-refractivity contribution in [3.8, 4) is 0 Å². The summed E-state index contributed by atoms with van der Waals surface area (Å²) in [6.45, 7) is 6.50. The molecule has 22 heavy (non-hydrogen) atoms. The molecule has 0 bridgehead atoms. The van der Waals surface area contributed by atoms with Crippen molar-refractivity contribution in [1.82, 2.24) is 19.9 Å². The summed E-state index contributed by atoms with van der Waals surface area (Å²) >= 11 is 3.16. The highest BCUT2D eigenvalue weighted by Gasteiger charge is 2.36. The Morgan fingerprint density at radius 1 is 1.41 bits per heavy atom. The second kappa shape index (κ2) is 5.19. The van der Waals surface area contributed by atoms with Crippen molar-refractivity contribution in [3.63, 3.8) is 0 Å². The fourth-order valence-corrected chi connectivity index (χ4v) is 2.62. The van der Waals surface area contributed by atoms with Crippen molar-refractivity contribution >= 4 is 33.1 Å². The number of benzene rings is 1. The van der Waals surface area contributed by atoms with Gasteiger partial charge < -0.3 is 9.64 Å². The normalized spacial score (nSPS) is 16.0. The topological polar surface area (TPSA) is 60.2 Å². The van der Waals surface area contributed by atoms with E-state index in [-0.39, 0.29) is 18.0 Å². The average molecular weight is 371 g/mol. The van der Waals surface area contributed by atoms with E-state index in [9.17, 15) is 9.18 Å². The Hall–Kier alpha value is -1.70. The molecular weight excluding hydrogens is 355 g/mol. The van der Waals surface area contributed by atoms with E-state index in [4.69, 9.17) is 4.74 Å². The van der Waals surface area contributed by atoms with Gasteiger partial charge in [-0.05, 0) is 42.8 Å². The Balaban J connectivity index is 1.73. The maximum atomic E-state index is 13.5. The lowest BCUT2D eigenvalue weighted by Gasteiger charge is -2.39. The van der Waals surface area contributed by atoms with Gasteiger partial charge in [0.05, 0.1) is 16.0 Å². The summed E-state index contributed by atoms with van der Waals surface area (Å²) in [6.07, 6.45) is -0.333. The zero-order chi connectivity index (χ0) is 16.1. The number of hydrogen-bond donors (Lipinski definition) is 0. The second-order valence-corrected chi connectivity index (χ2v) is 7.18. The fraction of sp³-hybridized carbons (Fsp3) is 0.500. The minimum atomic E-state index is -0.509. The SMILES string of the molecule is CC(C)(C)OC(=O)N1CC(n2nnc3cc(F)c(Br)cc32)C1. The highest BCUT2D eigenvalue weighted by Crippen LogP contribution is 2.28. The van der Waals surface area contributed by atoms with Crippen LogP contribution in [0.1, 0.15) is 26.8 Å². The van der Waals surface area contributed by atoms with Crippen LogP contribution in [-0.4, -0.2) is 44.7 Å². The first-order valence-corrected chi connectivity index (χ1v) is 7.72. The van der Waals surface area contributed by atoms with Gasteiger partial charge in [0.15, 0.2) is 0 Å². The largest absolute Gasteiger partial charge is 0.444 e. The van der Waals surface area contributed by atoms with Crippen molar-refractivity contribution in [2.45, 2.75) is 32.4 Å². The molecule has 0 spiro atoms. The van der Waals surface area contributed by atoms with E-state index in [1.54, 1.807) is 15.6 Å². The standard InChI is InChI=1S/C14H16BrFN4O2/c1-14(2,3)22-13(21)19-6-8(7-19)20-12-4-9(15)10(16)5-11(12)17-18-20/h4-5,8H,6-7H2,1-3H3. The monoisotopic (exact) mass is 370 g/mol. The van der Waals surface area contributed by atoms with Gasteiger partial charge in [0.2, 0.25) is 0 Å². The van der Waals surface area contributed by atoms with E-state index in [1.165, 1.54) is 6.07 Å². The number of ether oxygens (including phenoxy) is 1. The molecule has 118 valence electrons. The smallest absolute Gasteiger partial charge is 0.410 e. The van der Waals surface area contributed by atoms with Gasteiger partial charge in [-0.2, -0.15) is 0 Å². The molecule has 2 heterocycles. The summed E-state index contributed by atoms with van der Waals surface area (Å²) in [5.41, 5.74) is 0.725. The van der Waals surface area contributed by atoms with E-state index in [1.807, 2.05) is 20.8 Å². The first-order valence-electron chi connectivity index (χ1n) is 6.92. The summed E-state index contributed by atoms with van der Waals surface area (Å²) in [7, 11) is 0. The number of hydrogen-bond acceptors (Lipinski definition) is 4. The van der Waals surface area contributed by atoms with Crippen molar-refractivity contribution in [2.75, 3.05) is 13.1 Å². The highest BCUT2D eigenvalue weighted by molar-refractivity contribution is 9.10. The molecule has 1 amide bonds. The number of nitrogens with zero attached hydrogens (tertiary/aromatic N) is 4. The molecule has 0 unspecified atom stereocenters. The van der Waals surface area contributed by atoms with Gasteiger partial charge in [0.25, 0.3) is 0 Å². The Kier molecular flexibility index (Phi) is 3.58. The molecule has 1 saturated heterocycles. The van der Waals surface area contributed by atoms with Crippen LogP contribution in [0.15, 0.2) is 16.6 Å². The summed E-state index contributed by atoms with van der Waals surface area (Å²) < 4.78 is 20.9.